The van der Waals surface area contributed by atoms with E-state index in [9.17, 15) is 17.6 Å². The summed E-state index contributed by atoms with van der Waals surface area (Å²) in [5.74, 6) is -0.890. The summed E-state index contributed by atoms with van der Waals surface area (Å²) >= 11 is 5.13. The predicted octanol–water partition coefficient (Wildman–Crippen LogP) is 4.85. The third kappa shape index (κ3) is 7.22. The van der Waals surface area contributed by atoms with Crippen molar-refractivity contribution in [3.8, 4) is 0 Å². The summed E-state index contributed by atoms with van der Waals surface area (Å²) in [5.41, 5.74) is 7.51. The van der Waals surface area contributed by atoms with Gasteiger partial charge in [0.15, 0.2) is 5.11 Å². The van der Waals surface area contributed by atoms with Gasteiger partial charge in [0, 0.05) is 24.3 Å². The molecule has 1 amide bonds. The van der Waals surface area contributed by atoms with Gasteiger partial charge in [-0.15, -0.1) is 0 Å². The molecular formula is C28H25FN4O3S2. The van der Waals surface area contributed by atoms with Crippen molar-refractivity contribution in [2.24, 2.45) is 0 Å². The number of benzene rings is 4. The first-order chi connectivity index (χ1) is 18.3. The van der Waals surface area contributed by atoms with Gasteiger partial charge in [-0.05, 0) is 71.9 Å². The van der Waals surface area contributed by atoms with Crippen LogP contribution < -0.4 is 16.2 Å². The number of thiocarbonyl (C=S) groups is 1. The van der Waals surface area contributed by atoms with Gasteiger partial charge in [-0.2, -0.15) is 4.31 Å². The Morgan fingerprint density at radius 1 is 0.737 bits per heavy atom. The number of amides is 1. The number of nitrogens with one attached hydrogen (secondary N) is 3. The van der Waals surface area contributed by atoms with Crippen molar-refractivity contribution < 1.29 is 17.6 Å². The summed E-state index contributed by atoms with van der Waals surface area (Å²) in [6.07, 6.45) is 0. The molecule has 7 nitrogen and oxygen atoms in total. The summed E-state index contributed by atoms with van der Waals surface area (Å²) in [6.45, 7) is 0.394. The van der Waals surface area contributed by atoms with Gasteiger partial charge in [0.05, 0.1) is 4.90 Å². The summed E-state index contributed by atoms with van der Waals surface area (Å²) in [6, 6.07) is 30.0. The van der Waals surface area contributed by atoms with Crippen LogP contribution in [0.3, 0.4) is 0 Å². The van der Waals surface area contributed by atoms with Crippen LogP contribution in [0.5, 0.6) is 0 Å². The Labute approximate surface area is 226 Å². The third-order valence-electron chi connectivity index (χ3n) is 5.55. The van der Waals surface area contributed by atoms with Crippen molar-refractivity contribution in [3.63, 3.8) is 0 Å². The molecule has 0 fully saturated rings. The molecule has 38 heavy (non-hydrogen) atoms. The van der Waals surface area contributed by atoms with Crippen molar-refractivity contribution in [2.45, 2.75) is 18.0 Å². The molecule has 194 valence electrons. The number of carbonyl (C=O) groups is 1. The lowest BCUT2D eigenvalue weighted by atomic mass is 10.2. The van der Waals surface area contributed by atoms with E-state index in [0.717, 1.165) is 11.1 Å². The number of hydrazine groups is 1. The van der Waals surface area contributed by atoms with Gasteiger partial charge in [-0.25, -0.2) is 12.8 Å². The average molecular weight is 549 g/mol. The maximum atomic E-state index is 13.6. The maximum Gasteiger partial charge on any atom is 0.269 e. The highest BCUT2D eigenvalue weighted by atomic mass is 32.2. The van der Waals surface area contributed by atoms with Crippen molar-refractivity contribution in [1.29, 1.82) is 0 Å². The zero-order valence-electron chi connectivity index (χ0n) is 20.2. The highest BCUT2D eigenvalue weighted by Gasteiger charge is 2.25. The number of halogens is 1. The molecule has 10 heteroatoms. The van der Waals surface area contributed by atoms with Crippen molar-refractivity contribution in [2.75, 3.05) is 5.32 Å². The molecule has 4 rings (SSSR count). The fourth-order valence-electron chi connectivity index (χ4n) is 3.61. The minimum absolute atomic E-state index is 0.0716. The number of hydrogen-bond acceptors (Lipinski definition) is 4. The van der Waals surface area contributed by atoms with Crippen LogP contribution in [-0.4, -0.2) is 23.7 Å². The minimum Gasteiger partial charge on any atom is -0.331 e. The highest BCUT2D eigenvalue weighted by Crippen LogP contribution is 2.22. The van der Waals surface area contributed by atoms with E-state index >= 15 is 0 Å². The van der Waals surface area contributed by atoms with Gasteiger partial charge < -0.3 is 5.32 Å². The smallest absolute Gasteiger partial charge is 0.269 e. The van der Waals surface area contributed by atoms with Crippen LogP contribution in [0.15, 0.2) is 114 Å². The Hall–Kier alpha value is -4.12. The summed E-state index contributed by atoms with van der Waals surface area (Å²) < 4.78 is 41.6. The second kappa shape index (κ2) is 12.4. The first kappa shape index (κ1) is 26.9. The molecule has 0 atom stereocenters. The molecule has 4 aromatic carbocycles. The molecule has 0 saturated heterocycles. The van der Waals surface area contributed by atoms with E-state index < -0.39 is 15.9 Å². The molecule has 4 aromatic rings. The number of carbonyl (C=O) groups excluding carboxylic acids is 1. The van der Waals surface area contributed by atoms with Crippen molar-refractivity contribution in [1.82, 2.24) is 15.2 Å². The molecule has 0 bridgehead atoms. The van der Waals surface area contributed by atoms with Crippen LogP contribution in [0.2, 0.25) is 0 Å². The van der Waals surface area contributed by atoms with E-state index in [2.05, 4.69) is 16.2 Å². The quantitative estimate of drug-likeness (QED) is 0.216. The highest BCUT2D eigenvalue weighted by molar-refractivity contribution is 7.89. The normalized spacial score (nSPS) is 11.1. The monoisotopic (exact) mass is 548 g/mol. The van der Waals surface area contributed by atoms with E-state index in [1.165, 1.54) is 52.8 Å². The molecule has 0 aliphatic carbocycles. The molecule has 0 aromatic heterocycles. The van der Waals surface area contributed by atoms with Crippen LogP contribution in [0.4, 0.5) is 10.1 Å². The Bertz CT molecular complexity index is 1440. The molecular weight excluding hydrogens is 523 g/mol. The van der Waals surface area contributed by atoms with Gasteiger partial charge in [0.1, 0.15) is 5.82 Å². The van der Waals surface area contributed by atoms with Gasteiger partial charge in [0.2, 0.25) is 10.0 Å². The summed E-state index contributed by atoms with van der Waals surface area (Å²) in [4.78, 5) is 12.6. The number of rotatable bonds is 8. The summed E-state index contributed by atoms with van der Waals surface area (Å²) in [5, 5.41) is 2.91. The molecule has 0 heterocycles. The fourth-order valence-corrected chi connectivity index (χ4v) is 5.19. The van der Waals surface area contributed by atoms with Crippen molar-refractivity contribution in [3.05, 3.63) is 132 Å². The topological polar surface area (TPSA) is 90.5 Å². The molecule has 3 N–H and O–H groups in total. The van der Waals surface area contributed by atoms with Gasteiger partial charge in [-0.1, -0.05) is 60.7 Å². The molecule has 0 aliphatic heterocycles. The standard InChI is InChI=1S/C28H25FN4O3S2/c29-24-13-15-25(16-14-24)30-28(37)32-31-27(34)23-11-17-26(18-12-23)38(35,36)33(19-21-7-3-1-4-8-21)20-22-9-5-2-6-10-22/h1-18H,19-20H2,(H,31,34)(H2,30,32,37). The summed E-state index contributed by atoms with van der Waals surface area (Å²) in [7, 11) is -3.87. The van der Waals surface area contributed by atoms with Crippen molar-refractivity contribution >= 4 is 38.9 Å². The molecule has 0 spiro atoms. The minimum atomic E-state index is -3.87. The Balaban J connectivity index is 1.44. The SMILES string of the molecule is O=C(NNC(=S)Nc1ccc(F)cc1)c1ccc(S(=O)(=O)N(Cc2ccccc2)Cc2ccccc2)cc1. The van der Waals surface area contributed by atoms with Gasteiger partial charge in [-0.3, -0.25) is 15.6 Å². The van der Waals surface area contributed by atoms with E-state index in [4.69, 9.17) is 12.2 Å². The molecule has 0 radical (unpaired) electrons. The first-order valence-electron chi connectivity index (χ1n) is 11.6. The lowest BCUT2D eigenvalue weighted by Crippen LogP contribution is -2.43. The molecule has 0 aliphatic rings. The van der Waals surface area contributed by atoms with Crippen LogP contribution in [-0.2, 0) is 23.1 Å². The lowest BCUT2D eigenvalue weighted by molar-refractivity contribution is 0.0944. The predicted molar refractivity (Wildman–Crippen MR) is 149 cm³/mol. The molecule has 0 saturated carbocycles. The molecule has 0 unspecified atom stereocenters. The lowest BCUT2D eigenvalue weighted by Gasteiger charge is -2.23. The first-order valence-corrected chi connectivity index (χ1v) is 13.5. The second-order valence-corrected chi connectivity index (χ2v) is 10.7. The Morgan fingerprint density at radius 3 is 1.79 bits per heavy atom. The van der Waals surface area contributed by atoms with E-state index in [1.807, 2.05) is 60.7 Å². The van der Waals surface area contributed by atoms with Gasteiger partial charge >= 0.3 is 0 Å². The zero-order chi connectivity index (χ0) is 27.0. The van der Waals surface area contributed by atoms with Crippen LogP contribution in [0.25, 0.3) is 0 Å². The Kier molecular flexibility index (Phi) is 8.80. The number of anilines is 1. The number of hydrogen-bond donors (Lipinski definition) is 3. The largest absolute Gasteiger partial charge is 0.331 e. The Morgan fingerprint density at radius 2 is 1.26 bits per heavy atom. The van der Waals surface area contributed by atoms with Crippen LogP contribution in [0, 0.1) is 5.82 Å². The number of sulfonamides is 1. The van der Waals surface area contributed by atoms with Crippen LogP contribution in [0.1, 0.15) is 21.5 Å². The second-order valence-electron chi connectivity index (χ2n) is 8.31. The number of nitrogens with zero attached hydrogens (tertiary/aromatic N) is 1. The van der Waals surface area contributed by atoms with Gasteiger partial charge in [0.25, 0.3) is 5.91 Å². The van der Waals surface area contributed by atoms with E-state index in [1.54, 1.807) is 0 Å². The fraction of sp³-hybridized carbons (Fsp3) is 0.0714. The third-order valence-corrected chi connectivity index (χ3v) is 7.56. The van der Waals surface area contributed by atoms with E-state index in [0.29, 0.717) is 5.69 Å². The van der Waals surface area contributed by atoms with Crippen LogP contribution >= 0.6 is 12.2 Å². The average Bonchev–Trinajstić information content (AvgIpc) is 2.94. The zero-order valence-corrected chi connectivity index (χ0v) is 21.8. The van der Waals surface area contributed by atoms with E-state index in [-0.39, 0.29) is 34.5 Å². The maximum absolute atomic E-state index is 13.6.